The van der Waals surface area contributed by atoms with Crippen molar-refractivity contribution in [1.29, 1.82) is 0 Å². The van der Waals surface area contributed by atoms with Crippen LogP contribution >= 0.6 is 11.6 Å². The van der Waals surface area contributed by atoms with E-state index >= 15 is 0 Å². The summed E-state index contributed by atoms with van der Waals surface area (Å²) >= 11 is 5.85. The van der Waals surface area contributed by atoms with E-state index in [1.165, 1.54) is 29.6 Å². The molecule has 0 aliphatic heterocycles. The fourth-order valence-electron chi connectivity index (χ4n) is 2.43. The Bertz CT molecular complexity index is 987. The summed E-state index contributed by atoms with van der Waals surface area (Å²) in [5.74, 6) is -0.338. The highest BCUT2D eigenvalue weighted by atomic mass is 35.5. The smallest absolute Gasteiger partial charge is 0.264 e. The van der Waals surface area contributed by atoms with E-state index in [2.05, 4.69) is 0 Å². The summed E-state index contributed by atoms with van der Waals surface area (Å²) < 4.78 is 40.1. The van der Waals surface area contributed by atoms with Gasteiger partial charge in [0.1, 0.15) is 5.82 Å². The molecule has 0 aromatic heterocycles. The van der Waals surface area contributed by atoms with Crippen LogP contribution in [0.5, 0.6) is 0 Å². The second-order valence-corrected chi connectivity index (χ2v) is 7.89. The second kappa shape index (κ2) is 6.86. The maximum atomic E-state index is 13.1. The van der Waals surface area contributed by atoms with Crippen LogP contribution in [0.2, 0.25) is 5.02 Å². The van der Waals surface area contributed by atoms with Crippen molar-refractivity contribution < 1.29 is 12.8 Å². The van der Waals surface area contributed by atoms with Crippen molar-refractivity contribution in [2.24, 2.45) is 0 Å². The highest BCUT2D eigenvalue weighted by Gasteiger charge is 2.21. The van der Waals surface area contributed by atoms with Gasteiger partial charge in [-0.05, 0) is 59.7 Å². The van der Waals surface area contributed by atoms with Crippen molar-refractivity contribution in [3.8, 4) is 11.1 Å². The van der Waals surface area contributed by atoms with Crippen LogP contribution in [0.3, 0.4) is 0 Å². The zero-order chi connectivity index (χ0) is 18.0. The summed E-state index contributed by atoms with van der Waals surface area (Å²) in [5.41, 5.74) is 1.95. The van der Waals surface area contributed by atoms with E-state index in [-0.39, 0.29) is 10.7 Å². The molecule has 0 saturated heterocycles. The fourth-order valence-corrected chi connectivity index (χ4v) is 3.79. The number of hydrogen-bond acceptors (Lipinski definition) is 2. The van der Waals surface area contributed by atoms with Gasteiger partial charge >= 0.3 is 0 Å². The lowest BCUT2D eigenvalue weighted by molar-refractivity contribution is 0.594. The summed E-state index contributed by atoms with van der Waals surface area (Å²) in [7, 11) is -2.24. The Labute approximate surface area is 151 Å². The van der Waals surface area contributed by atoms with Crippen molar-refractivity contribution in [2.75, 3.05) is 11.4 Å². The largest absolute Gasteiger partial charge is 0.269 e. The minimum absolute atomic E-state index is 0.159. The lowest BCUT2D eigenvalue weighted by atomic mass is 10.1. The molecule has 6 heteroatoms. The van der Waals surface area contributed by atoms with E-state index in [1.807, 2.05) is 0 Å². The first kappa shape index (κ1) is 17.5. The normalized spacial score (nSPS) is 11.3. The van der Waals surface area contributed by atoms with Gasteiger partial charge in [0.2, 0.25) is 0 Å². The third-order valence-electron chi connectivity index (χ3n) is 3.86. The summed E-state index contributed by atoms with van der Waals surface area (Å²) in [6, 6.07) is 19.0. The van der Waals surface area contributed by atoms with Gasteiger partial charge < -0.3 is 0 Å². The van der Waals surface area contributed by atoms with Crippen LogP contribution in [-0.2, 0) is 10.0 Å². The minimum Gasteiger partial charge on any atom is -0.269 e. The molecule has 0 aliphatic carbocycles. The van der Waals surface area contributed by atoms with Crippen LogP contribution in [0, 0.1) is 5.82 Å². The number of sulfonamides is 1. The Balaban J connectivity index is 1.98. The molecule has 0 heterocycles. The lowest BCUT2D eigenvalue weighted by Gasteiger charge is -2.20. The molecule has 0 N–H and O–H groups in total. The number of benzene rings is 3. The number of halogens is 2. The predicted molar refractivity (Wildman–Crippen MR) is 98.9 cm³/mol. The molecule has 0 unspecified atom stereocenters. The number of hydrogen-bond donors (Lipinski definition) is 0. The molecule has 0 atom stereocenters. The van der Waals surface area contributed by atoms with Gasteiger partial charge in [0.15, 0.2) is 0 Å². The van der Waals surface area contributed by atoms with Gasteiger partial charge in [-0.25, -0.2) is 12.8 Å². The zero-order valence-corrected chi connectivity index (χ0v) is 14.9. The molecular formula is C19H15ClFNO2S. The second-order valence-electron chi connectivity index (χ2n) is 5.48. The van der Waals surface area contributed by atoms with Gasteiger partial charge in [-0.1, -0.05) is 35.9 Å². The topological polar surface area (TPSA) is 37.4 Å². The highest BCUT2D eigenvalue weighted by molar-refractivity contribution is 7.92. The molecule has 3 aromatic carbocycles. The van der Waals surface area contributed by atoms with Gasteiger partial charge in [-0.15, -0.1) is 0 Å². The third kappa shape index (κ3) is 3.67. The summed E-state index contributed by atoms with van der Waals surface area (Å²) in [4.78, 5) is 0.159. The first-order valence-corrected chi connectivity index (χ1v) is 9.30. The van der Waals surface area contributed by atoms with Gasteiger partial charge in [0, 0.05) is 12.1 Å². The Morgan fingerprint density at radius 3 is 2.16 bits per heavy atom. The van der Waals surface area contributed by atoms with E-state index in [1.54, 1.807) is 54.6 Å². The minimum atomic E-state index is -3.73. The number of anilines is 1. The molecular weight excluding hydrogens is 361 g/mol. The Morgan fingerprint density at radius 2 is 1.52 bits per heavy atom. The van der Waals surface area contributed by atoms with E-state index in [4.69, 9.17) is 11.6 Å². The van der Waals surface area contributed by atoms with Gasteiger partial charge in [0.05, 0.1) is 10.6 Å². The Hall–Kier alpha value is -2.37. The van der Waals surface area contributed by atoms with Crippen molar-refractivity contribution in [3.63, 3.8) is 0 Å². The first-order chi connectivity index (χ1) is 11.9. The molecule has 0 aliphatic rings. The van der Waals surface area contributed by atoms with E-state index in [9.17, 15) is 12.8 Å². The van der Waals surface area contributed by atoms with Crippen LogP contribution in [0.4, 0.5) is 10.1 Å². The van der Waals surface area contributed by atoms with Crippen molar-refractivity contribution >= 4 is 27.3 Å². The highest BCUT2D eigenvalue weighted by Crippen LogP contribution is 2.27. The molecule has 25 heavy (non-hydrogen) atoms. The third-order valence-corrected chi connectivity index (χ3v) is 5.89. The molecule has 0 spiro atoms. The van der Waals surface area contributed by atoms with Gasteiger partial charge in [-0.3, -0.25) is 4.31 Å². The Kier molecular flexibility index (Phi) is 4.79. The van der Waals surface area contributed by atoms with Crippen LogP contribution in [0.25, 0.3) is 11.1 Å². The standard InChI is InChI=1S/C19H15ClFNO2S/c1-22(18-11-7-16(20)8-12-18)25(23,24)19-4-2-3-15(13-19)14-5-9-17(21)10-6-14/h2-13H,1H3. The molecule has 0 bridgehead atoms. The van der Waals surface area contributed by atoms with E-state index < -0.39 is 10.0 Å². The molecule has 128 valence electrons. The van der Waals surface area contributed by atoms with E-state index in [0.717, 1.165) is 5.56 Å². The van der Waals surface area contributed by atoms with Crippen LogP contribution < -0.4 is 4.31 Å². The van der Waals surface area contributed by atoms with Crippen LogP contribution in [0.15, 0.2) is 77.7 Å². The van der Waals surface area contributed by atoms with Crippen LogP contribution in [0.1, 0.15) is 0 Å². The molecule has 0 fully saturated rings. The van der Waals surface area contributed by atoms with Crippen molar-refractivity contribution in [1.82, 2.24) is 0 Å². The average Bonchev–Trinajstić information content (AvgIpc) is 2.62. The molecule has 3 aromatic rings. The Morgan fingerprint density at radius 1 is 0.880 bits per heavy atom. The number of nitrogens with zero attached hydrogens (tertiary/aromatic N) is 1. The molecule has 3 rings (SSSR count). The average molecular weight is 376 g/mol. The molecule has 3 nitrogen and oxygen atoms in total. The fraction of sp³-hybridized carbons (Fsp3) is 0.0526. The van der Waals surface area contributed by atoms with Crippen molar-refractivity contribution in [3.05, 3.63) is 83.6 Å². The quantitative estimate of drug-likeness (QED) is 0.645. The molecule has 0 radical (unpaired) electrons. The SMILES string of the molecule is CN(c1ccc(Cl)cc1)S(=O)(=O)c1cccc(-c2ccc(F)cc2)c1. The summed E-state index contributed by atoms with van der Waals surface area (Å²) in [5, 5.41) is 0.535. The number of rotatable bonds is 4. The van der Waals surface area contributed by atoms with Crippen LogP contribution in [-0.4, -0.2) is 15.5 Å². The predicted octanol–water partition coefficient (Wildman–Crippen LogP) is 4.97. The maximum Gasteiger partial charge on any atom is 0.264 e. The maximum absolute atomic E-state index is 13.1. The van der Waals surface area contributed by atoms with Crippen molar-refractivity contribution in [2.45, 2.75) is 4.90 Å². The van der Waals surface area contributed by atoms with E-state index in [0.29, 0.717) is 16.3 Å². The molecule has 0 amide bonds. The zero-order valence-electron chi connectivity index (χ0n) is 13.4. The summed E-state index contributed by atoms with van der Waals surface area (Å²) in [6.45, 7) is 0. The summed E-state index contributed by atoms with van der Waals surface area (Å²) in [6.07, 6.45) is 0. The monoisotopic (exact) mass is 375 g/mol. The van der Waals surface area contributed by atoms with Gasteiger partial charge in [-0.2, -0.15) is 0 Å². The first-order valence-electron chi connectivity index (χ1n) is 7.48. The molecule has 0 saturated carbocycles. The van der Waals surface area contributed by atoms with Gasteiger partial charge in [0.25, 0.3) is 10.0 Å². The lowest BCUT2D eigenvalue weighted by Crippen LogP contribution is -2.26.